The molecule has 7 nitrogen and oxygen atoms in total. The van der Waals surface area contributed by atoms with E-state index < -0.39 is 15.9 Å². The van der Waals surface area contributed by atoms with Crippen LogP contribution >= 0.6 is 22.9 Å². The van der Waals surface area contributed by atoms with Crippen molar-refractivity contribution in [2.75, 3.05) is 38.4 Å². The number of nitrogens with one attached hydrogen (secondary N) is 1. The fourth-order valence-corrected chi connectivity index (χ4v) is 4.61. The van der Waals surface area contributed by atoms with E-state index >= 15 is 0 Å². The van der Waals surface area contributed by atoms with Gasteiger partial charge >= 0.3 is 0 Å². The van der Waals surface area contributed by atoms with Gasteiger partial charge in [0.2, 0.25) is 10.0 Å². The molecule has 0 saturated heterocycles. The number of rotatable bonds is 6. The van der Waals surface area contributed by atoms with E-state index in [-0.39, 0.29) is 10.6 Å². The SMILES string of the molecule is CN(C)c1ccc(S(=O)(=O)N(C)C)cc1NC(=O)c1csc(-c2cccc(Cl)c2)n1. The minimum Gasteiger partial charge on any atom is -0.376 e. The van der Waals surface area contributed by atoms with Gasteiger partial charge in [-0.15, -0.1) is 11.3 Å². The van der Waals surface area contributed by atoms with Gasteiger partial charge in [0.25, 0.3) is 5.91 Å². The zero-order chi connectivity index (χ0) is 22.1. The Morgan fingerprint density at radius 3 is 2.47 bits per heavy atom. The first-order valence-corrected chi connectivity index (χ1v) is 11.6. The second-order valence-electron chi connectivity index (χ2n) is 6.86. The first kappa shape index (κ1) is 22.2. The van der Waals surface area contributed by atoms with Crippen LogP contribution in [0.1, 0.15) is 10.5 Å². The summed E-state index contributed by atoms with van der Waals surface area (Å²) in [5, 5.41) is 5.70. The summed E-state index contributed by atoms with van der Waals surface area (Å²) >= 11 is 7.36. The Morgan fingerprint density at radius 1 is 1.10 bits per heavy atom. The van der Waals surface area contributed by atoms with Crippen molar-refractivity contribution in [1.82, 2.24) is 9.29 Å². The van der Waals surface area contributed by atoms with Crippen LogP contribution in [0.4, 0.5) is 11.4 Å². The highest BCUT2D eigenvalue weighted by Crippen LogP contribution is 2.30. The van der Waals surface area contributed by atoms with Crippen LogP contribution in [-0.4, -0.2) is 51.8 Å². The van der Waals surface area contributed by atoms with Crippen molar-refractivity contribution in [1.29, 1.82) is 0 Å². The predicted molar refractivity (Wildman–Crippen MR) is 122 cm³/mol. The number of hydrogen-bond donors (Lipinski definition) is 1. The number of benzene rings is 2. The molecule has 0 bridgehead atoms. The zero-order valence-corrected chi connectivity index (χ0v) is 19.3. The standard InChI is InChI=1S/C20H21ClN4O3S2/c1-24(2)18-9-8-15(30(27,28)25(3)4)11-16(18)22-19(26)17-12-29-20(23-17)13-6-5-7-14(21)10-13/h5-12H,1-4H3,(H,22,26). The summed E-state index contributed by atoms with van der Waals surface area (Å²) < 4.78 is 26.1. The molecule has 30 heavy (non-hydrogen) atoms. The Hall–Kier alpha value is -2.46. The second kappa shape index (κ2) is 8.73. The highest BCUT2D eigenvalue weighted by molar-refractivity contribution is 7.89. The number of sulfonamides is 1. The van der Waals surface area contributed by atoms with Crippen molar-refractivity contribution in [3.05, 3.63) is 58.6 Å². The molecule has 0 aliphatic heterocycles. The highest BCUT2D eigenvalue weighted by Gasteiger charge is 2.21. The summed E-state index contributed by atoms with van der Waals surface area (Å²) in [4.78, 5) is 19.1. The van der Waals surface area contributed by atoms with Crippen LogP contribution < -0.4 is 10.2 Å². The van der Waals surface area contributed by atoms with Gasteiger partial charge < -0.3 is 10.2 Å². The van der Waals surface area contributed by atoms with Gasteiger partial charge in [0.15, 0.2) is 0 Å². The van der Waals surface area contributed by atoms with Crippen molar-refractivity contribution in [2.45, 2.75) is 4.90 Å². The summed E-state index contributed by atoms with van der Waals surface area (Å²) in [5.41, 5.74) is 2.11. The van der Waals surface area contributed by atoms with Gasteiger partial charge in [0, 0.05) is 44.2 Å². The lowest BCUT2D eigenvalue weighted by molar-refractivity contribution is 0.102. The summed E-state index contributed by atoms with van der Waals surface area (Å²) in [7, 11) is 2.90. The second-order valence-corrected chi connectivity index (χ2v) is 10.3. The third-order valence-corrected chi connectivity index (χ3v) is 7.22. The molecule has 0 unspecified atom stereocenters. The molecule has 2 aromatic carbocycles. The first-order chi connectivity index (χ1) is 14.1. The smallest absolute Gasteiger partial charge is 0.275 e. The minimum absolute atomic E-state index is 0.0892. The average molecular weight is 465 g/mol. The number of thiazole rings is 1. The van der Waals surface area contributed by atoms with E-state index in [2.05, 4.69) is 10.3 Å². The van der Waals surface area contributed by atoms with Crippen LogP contribution in [0.2, 0.25) is 5.02 Å². The molecule has 0 atom stereocenters. The molecule has 0 aliphatic carbocycles. The normalized spacial score (nSPS) is 11.5. The Labute approximate surface area is 185 Å². The average Bonchev–Trinajstić information content (AvgIpc) is 3.18. The molecule has 0 fully saturated rings. The van der Waals surface area contributed by atoms with Crippen molar-refractivity contribution in [3.63, 3.8) is 0 Å². The van der Waals surface area contributed by atoms with E-state index in [0.717, 1.165) is 9.87 Å². The van der Waals surface area contributed by atoms with E-state index in [9.17, 15) is 13.2 Å². The van der Waals surface area contributed by atoms with E-state index in [4.69, 9.17) is 11.6 Å². The molecule has 1 heterocycles. The van der Waals surface area contributed by atoms with Gasteiger partial charge in [-0.25, -0.2) is 17.7 Å². The number of carbonyl (C=O) groups is 1. The number of anilines is 2. The van der Waals surface area contributed by atoms with Gasteiger partial charge in [-0.1, -0.05) is 23.7 Å². The molecule has 0 saturated carbocycles. The van der Waals surface area contributed by atoms with Gasteiger partial charge in [0.1, 0.15) is 10.7 Å². The lowest BCUT2D eigenvalue weighted by Gasteiger charge is -2.20. The Kier molecular flexibility index (Phi) is 6.47. The maximum absolute atomic E-state index is 12.8. The molecule has 158 valence electrons. The first-order valence-electron chi connectivity index (χ1n) is 8.86. The molecule has 1 amide bonds. The van der Waals surface area contributed by atoms with Crippen molar-refractivity contribution < 1.29 is 13.2 Å². The van der Waals surface area contributed by atoms with Crippen molar-refractivity contribution in [3.8, 4) is 10.6 Å². The number of amides is 1. The van der Waals surface area contributed by atoms with Crippen LogP contribution in [0, 0.1) is 0 Å². The van der Waals surface area contributed by atoms with E-state index in [0.29, 0.717) is 21.4 Å². The summed E-state index contributed by atoms with van der Waals surface area (Å²) in [6.07, 6.45) is 0. The Bertz CT molecular complexity index is 1190. The molecule has 3 rings (SSSR count). The topological polar surface area (TPSA) is 82.6 Å². The number of halogens is 1. The van der Waals surface area contributed by atoms with Crippen molar-refractivity contribution in [2.24, 2.45) is 0 Å². The third-order valence-electron chi connectivity index (χ3n) is 4.28. The van der Waals surface area contributed by atoms with Crippen LogP contribution in [0.3, 0.4) is 0 Å². The van der Waals surface area contributed by atoms with Gasteiger partial charge in [-0.2, -0.15) is 0 Å². The van der Waals surface area contributed by atoms with E-state index in [1.807, 2.05) is 26.2 Å². The third kappa shape index (κ3) is 4.65. The quantitative estimate of drug-likeness (QED) is 0.595. The fraction of sp³-hybridized carbons (Fsp3) is 0.200. The summed E-state index contributed by atoms with van der Waals surface area (Å²) in [6, 6.07) is 11.9. The van der Waals surface area contributed by atoms with Gasteiger partial charge in [0.05, 0.1) is 16.3 Å². The predicted octanol–water partition coefficient (Wildman–Crippen LogP) is 4.03. The molecule has 3 aromatic rings. The fourth-order valence-electron chi connectivity index (χ4n) is 2.69. The number of hydrogen-bond acceptors (Lipinski definition) is 6. The highest BCUT2D eigenvalue weighted by atomic mass is 35.5. The summed E-state index contributed by atoms with van der Waals surface area (Å²) in [5.74, 6) is -0.429. The monoisotopic (exact) mass is 464 g/mol. The number of aromatic nitrogens is 1. The molecule has 10 heteroatoms. The molecule has 0 aliphatic rings. The van der Waals surface area contributed by atoms with Crippen LogP contribution in [0.5, 0.6) is 0 Å². The maximum Gasteiger partial charge on any atom is 0.275 e. The van der Waals surface area contributed by atoms with E-state index in [1.165, 1.54) is 37.6 Å². The maximum atomic E-state index is 12.8. The molecular formula is C20H21ClN4O3S2. The van der Waals surface area contributed by atoms with Crippen LogP contribution in [0.25, 0.3) is 10.6 Å². The minimum atomic E-state index is -3.64. The number of carbonyl (C=O) groups excluding carboxylic acids is 1. The molecule has 0 radical (unpaired) electrons. The van der Waals surface area contributed by atoms with Crippen LogP contribution in [0.15, 0.2) is 52.7 Å². The molecular weight excluding hydrogens is 444 g/mol. The largest absolute Gasteiger partial charge is 0.376 e. The van der Waals surface area contributed by atoms with Gasteiger partial charge in [-0.05, 0) is 30.3 Å². The lowest BCUT2D eigenvalue weighted by atomic mass is 10.2. The molecule has 0 spiro atoms. The zero-order valence-electron chi connectivity index (χ0n) is 16.9. The number of nitrogens with zero attached hydrogens (tertiary/aromatic N) is 3. The van der Waals surface area contributed by atoms with E-state index in [1.54, 1.807) is 28.5 Å². The molecule has 1 N–H and O–H groups in total. The summed E-state index contributed by atoms with van der Waals surface area (Å²) in [6.45, 7) is 0. The van der Waals surface area contributed by atoms with Gasteiger partial charge in [-0.3, -0.25) is 4.79 Å². The Balaban J connectivity index is 1.92. The van der Waals surface area contributed by atoms with Crippen molar-refractivity contribution >= 4 is 50.2 Å². The lowest BCUT2D eigenvalue weighted by Crippen LogP contribution is -2.23. The molecule has 1 aromatic heterocycles. The van der Waals surface area contributed by atoms with Crippen LogP contribution in [-0.2, 0) is 10.0 Å². The Morgan fingerprint density at radius 2 is 1.83 bits per heavy atom.